The van der Waals surface area contributed by atoms with Gasteiger partial charge in [0, 0.05) is 52.9 Å². The van der Waals surface area contributed by atoms with Gasteiger partial charge in [-0.05, 0) is 24.1 Å². The van der Waals surface area contributed by atoms with E-state index in [4.69, 9.17) is 0 Å². The molecule has 0 saturated carbocycles. The third-order valence-corrected chi connectivity index (χ3v) is 4.80. The Kier molecular flexibility index (Phi) is 11.1. The SMILES string of the molecule is CCc1ccccc1CNC(=NC)NCCN1CCN(CC)CC1.I. The van der Waals surface area contributed by atoms with E-state index in [1.165, 1.54) is 43.9 Å². The molecule has 2 N–H and O–H groups in total. The van der Waals surface area contributed by atoms with Crippen LogP contribution in [0.5, 0.6) is 0 Å². The Hall–Kier alpha value is -0.860. The monoisotopic (exact) mass is 459 g/mol. The molecule has 1 aliphatic rings. The zero-order chi connectivity index (χ0) is 17.2. The molecule has 0 amide bonds. The molecular formula is C19H34IN5. The molecule has 1 heterocycles. The number of benzene rings is 1. The number of hydrogen-bond donors (Lipinski definition) is 2. The normalized spacial score (nSPS) is 16.4. The zero-order valence-corrected chi connectivity index (χ0v) is 18.3. The minimum Gasteiger partial charge on any atom is -0.355 e. The quantitative estimate of drug-likeness (QED) is 0.373. The van der Waals surface area contributed by atoms with Crippen LogP contribution in [0.2, 0.25) is 0 Å². The topological polar surface area (TPSA) is 42.9 Å². The molecule has 1 aromatic carbocycles. The maximum Gasteiger partial charge on any atom is 0.191 e. The number of halogens is 1. The van der Waals surface area contributed by atoms with Crippen LogP contribution in [0.3, 0.4) is 0 Å². The van der Waals surface area contributed by atoms with Gasteiger partial charge < -0.3 is 15.5 Å². The molecule has 0 aromatic heterocycles. The van der Waals surface area contributed by atoms with Crippen LogP contribution in [0.15, 0.2) is 29.3 Å². The maximum absolute atomic E-state index is 4.33. The van der Waals surface area contributed by atoms with Gasteiger partial charge in [-0.25, -0.2) is 0 Å². The average molecular weight is 459 g/mol. The van der Waals surface area contributed by atoms with Crippen LogP contribution in [0, 0.1) is 0 Å². The number of aliphatic imine (C=N–C) groups is 1. The lowest BCUT2D eigenvalue weighted by molar-refractivity contribution is 0.139. The molecule has 142 valence electrons. The van der Waals surface area contributed by atoms with E-state index in [0.29, 0.717) is 0 Å². The van der Waals surface area contributed by atoms with Crippen molar-refractivity contribution in [3.63, 3.8) is 0 Å². The van der Waals surface area contributed by atoms with Crippen LogP contribution in [0.4, 0.5) is 0 Å². The molecule has 5 nitrogen and oxygen atoms in total. The number of nitrogens with zero attached hydrogens (tertiary/aromatic N) is 3. The molecule has 1 aliphatic heterocycles. The Morgan fingerprint density at radius 3 is 2.24 bits per heavy atom. The van der Waals surface area contributed by atoms with E-state index in [9.17, 15) is 0 Å². The Morgan fingerprint density at radius 2 is 1.64 bits per heavy atom. The first-order valence-electron chi connectivity index (χ1n) is 9.22. The Bertz CT molecular complexity index is 512. The van der Waals surface area contributed by atoms with Crippen molar-refractivity contribution in [3.05, 3.63) is 35.4 Å². The van der Waals surface area contributed by atoms with E-state index in [2.05, 4.69) is 63.5 Å². The van der Waals surface area contributed by atoms with Gasteiger partial charge in [-0.3, -0.25) is 9.89 Å². The molecule has 25 heavy (non-hydrogen) atoms. The van der Waals surface area contributed by atoms with E-state index < -0.39 is 0 Å². The largest absolute Gasteiger partial charge is 0.355 e. The fraction of sp³-hybridized carbons (Fsp3) is 0.632. The van der Waals surface area contributed by atoms with Crippen LogP contribution < -0.4 is 10.6 Å². The van der Waals surface area contributed by atoms with E-state index in [0.717, 1.165) is 32.0 Å². The van der Waals surface area contributed by atoms with Crippen molar-refractivity contribution in [2.24, 2.45) is 4.99 Å². The predicted molar refractivity (Wildman–Crippen MR) is 118 cm³/mol. The zero-order valence-electron chi connectivity index (χ0n) is 15.9. The molecule has 0 bridgehead atoms. The summed E-state index contributed by atoms with van der Waals surface area (Å²) in [6.45, 7) is 13.2. The van der Waals surface area contributed by atoms with Gasteiger partial charge in [0.25, 0.3) is 0 Å². The van der Waals surface area contributed by atoms with Gasteiger partial charge in [0.1, 0.15) is 0 Å². The minimum atomic E-state index is 0. The molecule has 0 atom stereocenters. The molecular weight excluding hydrogens is 425 g/mol. The molecule has 1 aromatic rings. The highest BCUT2D eigenvalue weighted by Crippen LogP contribution is 2.08. The standard InChI is InChI=1S/C19H33N5.HI/c1-4-17-8-6-7-9-18(17)16-22-19(20-3)21-10-11-24-14-12-23(5-2)13-15-24;/h6-9H,4-5,10-16H2,1-3H3,(H2,20,21,22);1H. The molecule has 1 saturated heterocycles. The molecule has 0 unspecified atom stereocenters. The Labute approximate surface area is 170 Å². The lowest BCUT2D eigenvalue weighted by Gasteiger charge is -2.34. The summed E-state index contributed by atoms with van der Waals surface area (Å²) in [5.74, 6) is 0.883. The van der Waals surface area contributed by atoms with Crippen molar-refractivity contribution >= 4 is 29.9 Å². The predicted octanol–water partition coefficient (Wildman–Crippen LogP) is 2.17. The summed E-state index contributed by atoms with van der Waals surface area (Å²) < 4.78 is 0. The molecule has 6 heteroatoms. The van der Waals surface area contributed by atoms with Gasteiger partial charge in [0.15, 0.2) is 5.96 Å². The van der Waals surface area contributed by atoms with Gasteiger partial charge in [0.05, 0.1) is 0 Å². The second-order valence-electron chi connectivity index (χ2n) is 6.25. The van der Waals surface area contributed by atoms with Gasteiger partial charge in [-0.1, -0.05) is 38.1 Å². The number of likely N-dealkylation sites (N-methyl/N-ethyl adjacent to an activating group) is 1. The number of aryl methyl sites for hydroxylation is 1. The van der Waals surface area contributed by atoms with Crippen molar-refractivity contribution in [1.29, 1.82) is 0 Å². The summed E-state index contributed by atoms with van der Waals surface area (Å²) in [6.07, 6.45) is 1.06. The molecule has 0 aliphatic carbocycles. The van der Waals surface area contributed by atoms with E-state index >= 15 is 0 Å². The maximum atomic E-state index is 4.33. The van der Waals surface area contributed by atoms with Crippen LogP contribution in [0.1, 0.15) is 25.0 Å². The first-order valence-corrected chi connectivity index (χ1v) is 9.22. The fourth-order valence-corrected chi connectivity index (χ4v) is 3.14. The number of hydrogen-bond acceptors (Lipinski definition) is 3. The van der Waals surface area contributed by atoms with Crippen LogP contribution in [-0.4, -0.2) is 68.6 Å². The average Bonchev–Trinajstić information content (AvgIpc) is 2.65. The smallest absolute Gasteiger partial charge is 0.191 e. The summed E-state index contributed by atoms with van der Waals surface area (Å²) in [5, 5.41) is 6.86. The Balaban J connectivity index is 0.00000312. The summed E-state index contributed by atoms with van der Waals surface area (Å²) in [7, 11) is 1.83. The number of nitrogens with one attached hydrogen (secondary N) is 2. The van der Waals surface area contributed by atoms with Crippen LogP contribution in [0.25, 0.3) is 0 Å². The van der Waals surface area contributed by atoms with Crippen molar-refractivity contribution in [2.75, 3.05) is 52.9 Å². The lowest BCUT2D eigenvalue weighted by Crippen LogP contribution is -2.49. The summed E-state index contributed by atoms with van der Waals surface area (Å²) >= 11 is 0. The van der Waals surface area contributed by atoms with Crippen molar-refractivity contribution in [3.8, 4) is 0 Å². The highest BCUT2D eigenvalue weighted by molar-refractivity contribution is 14.0. The lowest BCUT2D eigenvalue weighted by atomic mass is 10.1. The third-order valence-electron chi connectivity index (χ3n) is 4.80. The first-order chi connectivity index (χ1) is 11.8. The van der Waals surface area contributed by atoms with Crippen molar-refractivity contribution < 1.29 is 0 Å². The Morgan fingerprint density at radius 1 is 1.00 bits per heavy atom. The highest BCUT2D eigenvalue weighted by atomic mass is 127. The van der Waals surface area contributed by atoms with E-state index in [-0.39, 0.29) is 24.0 Å². The molecule has 1 fully saturated rings. The summed E-state index contributed by atoms with van der Waals surface area (Å²) in [6, 6.07) is 8.59. The van der Waals surface area contributed by atoms with Gasteiger partial charge >= 0.3 is 0 Å². The van der Waals surface area contributed by atoms with Gasteiger partial charge in [-0.15, -0.1) is 24.0 Å². The minimum absolute atomic E-state index is 0. The van der Waals surface area contributed by atoms with E-state index in [1.54, 1.807) is 0 Å². The molecule has 0 radical (unpaired) electrons. The van der Waals surface area contributed by atoms with Gasteiger partial charge in [0.2, 0.25) is 0 Å². The van der Waals surface area contributed by atoms with E-state index in [1.807, 2.05) is 7.05 Å². The summed E-state index contributed by atoms with van der Waals surface area (Å²) in [4.78, 5) is 9.37. The second kappa shape index (κ2) is 12.5. The summed E-state index contributed by atoms with van der Waals surface area (Å²) in [5.41, 5.74) is 2.74. The number of piperazine rings is 1. The first kappa shape index (κ1) is 22.2. The fourth-order valence-electron chi connectivity index (χ4n) is 3.14. The van der Waals surface area contributed by atoms with Crippen LogP contribution in [-0.2, 0) is 13.0 Å². The number of guanidine groups is 1. The van der Waals surface area contributed by atoms with Crippen molar-refractivity contribution in [1.82, 2.24) is 20.4 Å². The third kappa shape index (κ3) is 7.50. The van der Waals surface area contributed by atoms with Gasteiger partial charge in [-0.2, -0.15) is 0 Å². The molecule has 2 rings (SSSR count). The molecule has 0 spiro atoms. The number of rotatable bonds is 7. The van der Waals surface area contributed by atoms with Crippen LogP contribution >= 0.6 is 24.0 Å². The highest BCUT2D eigenvalue weighted by Gasteiger charge is 2.14. The van der Waals surface area contributed by atoms with Crippen molar-refractivity contribution in [2.45, 2.75) is 26.8 Å². The second-order valence-corrected chi connectivity index (χ2v) is 6.25.